The second kappa shape index (κ2) is 5.85. The number of hydrogen-bond acceptors (Lipinski definition) is 3. The summed E-state index contributed by atoms with van der Waals surface area (Å²) in [6.07, 6.45) is 5.62. The van der Waals surface area contributed by atoms with Gasteiger partial charge in [0.1, 0.15) is 5.82 Å². The Labute approximate surface area is 107 Å². The van der Waals surface area contributed by atoms with E-state index in [1.807, 2.05) is 0 Å². The van der Waals surface area contributed by atoms with Crippen molar-refractivity contribution in [3.05, 3.63) is 23.4 Å². The summed E-state index contributed by atoms with van der Waals surface area (Å²) in [6.45, 7) is 2.95. The average molecular weight is 248 g/mol. The molecule has 1 aromatic rings. The van der Waals surface area contributed by atoms with E-state index >= 15 is 0 Å². The first-order valence-corrected chi connectivity index (χ1v) is 6.67. The van der Waals surface area contributed by atoms with Gasteiger partial charge in [0, 0.05) is 12.2 Å². The van der Waals surface area contributed by atoms with Gasteiger partial charge >= 0.3 is 5.97 Å². The lowest BCUT2D eigenvalue weighted by Gasteiger charge is -2.08. The van der Waals surface area contributed by atoms with E-state index in [9.17, 15) is 4.79 Å². The molecule has 0 bridgehead atoms. The van der Waals surface area contributed by atoms with Gasteiger partial charge in [-0.15, -0.1) is 0 Å². The van der Waals surface area contributed by atoms with Crippen molar-refractivity contribution in [2.75, 3.05) is 11.9 Å². The zero-order valence-corrected chi connectivity index (χ0v) is 10.8. The van der Waals surface area contributed by atoms with Crippen molar-refractivity contribution in [2.24, 2.45) is 5.92 Å². The van der Waals surface area contributed by atoms with Crippen LogP contribution >= 0.6 is 0 Å². The zero-order chi connectivity index (χ0) is 13.0. The van der Waals surface area contributed by atoms with Crippen LogP contribution in [0.1, 0.15) is 48.7 Å². The number of carbonyl (C=O) groups is 1. The smallest absolute Gasteiger partial charge is 0.335 e. The van der Waals surface area contributed by atoms with Gasteiger partial charge in [0.05, 0.1) is 5.56 Å². The molecule has 98 valence electrons. The summed E-state index contributed by atoms with van der Waals surface area (Å²) < 4.78 is 0. The summed E-state index contributed by atoms with van der Waals surface area (Å²) in [5.41, 5.74) is 1.17. The molecule has 1 fully saturated rings. The largest absolute Gasteiger partial charge is 0.478 e. The third kappa shape index (κ3) is 3.72. The molecule has 1 aromatic heterocycles. The highest BCUT2D eigenvalue weighted by atomic mass is 16.4. The van der Waals surface area contributed by atoms with Gasteiger partial charge in [-0.3, -0.25) is 0 Å². The standard InChI is InChI=1S/C14H20N2O2/c1-2-3-12-8-11(14(17)18)9-13(16-12)15-7-6-10-4-5-10/h8-10H,2-7H2,1H3,(H,15,16)(H,17,18). The summed E-state index contributed by atoms with van der Waals surface area (Å²) in [5.74, 6) is 0.675. The lowest BCUT2D eigenvalue weighted by atomic mass is 10.1. The van der Waals surface area contributed by atoms with E-state index < -0.39 is 5.97 Å². The van der Waals surface area contributed by atoms with Crippen LogP contribution < -0.4 is 5.32 Å². The lowest BCUT2D eigenvalue weighted by Crippen LogP contribution is -2.08. The lowest BCUT2D eigenvalue weighted by molar-refractivity contribution is 0.0696. The average Bonchev–Trinajstić information content (AvgIpc) is 3.13. The first-order chi connectivity index (χ1) is 8.69. The van der Waals surface area contributed by atoms with Crippen LogP contribution in [0.15, 0.2) is 12.1 Å². The minimum Gasteiger partial charge on any atom is -0.478 e. The van der Waals surface area contributed by atoms with Gasteiger partial charge in [0.2, 0.25) is 0 Å². The van der Waals surface area contributed by atoms with E-state index in [4.69, 9.17) is 5.11 Å². The van der Waals surface area contributed by atoms with Crippen LogP contribution in [-0.4, -0.2) is 22.6 Å². The van der Waals surface area contributed by atoms with Gasteiger partial charge in [-0.25, -0.2) is 9.78 Å². The van der Waals surface area contributed by atoms with Crippen LogP contribution in [0.3, 0.4) is 0 Å². The number of pyridine rings is 1. The molecule has 1 heterocycles. The Kier molecular flexibility index (Phi) is 4.18. The van der Waals surface area contributed by atoms with Crippen molar-refractivity contribution >= 4 is 11.8 Å². The fourth-order valence-corrected chi connectivity index (χ4v) is 2.00. The van der Waals surface area contributed by atoms with Crippen molar-refractivity contribution < 1.29 is 9.90 Å². The van der Waals surface area contributed by atoms with Gasteiger partial charge < -0.3 is 10.4 Å². The highest BCUT2D eigenvalue weighted by Crippen LogP contribution is 2.32. The summed E-state index contributed by atoms with van der Waals surface area (Å²) >= 11 is 0. The molecule has 0 atom stereocenters. The minimum absolute atomic E-state index is 0.322. The maximum atomic E-state index is 11.0. The molecule has 4 nitrogen and oxygen atoms in total. The number of carboxylic acid groups (broad SMARTS) is 1. The van der Waals surface area contributed by atoms with Gasteiger partial charge in [-0.1, -0.05) is 26.2 Å². The Hall–Kier alpha value is -1.58. The minimum atomic E-state index is -0.889. The first kappa shape index (κ1) is 12.9. The molecule has 0 spiro atoms. The normalized spacial score (nSPS) is 14.5. The maximum absolute atomic E-state index is 11.0. The van der Waals surface area contributed by atoms with E-state index in [1.165, 1.54) is 12.8 Å². The van der Waals surface area contributed by atoms with Gasteiger partial charge in [-0.05, 0) is 30.9 Å². The Bertz CT molecular complexity index is 428. The van der Waals surface area contributed by atoms with E-state index in [1.54, 1.807) is 12.1 Å². The molecule has 1 saturated carbocycles. The van der Waals surface area contributed by atoms with Crippen LogP contribution in [0.2, 0.25) is 0 Å². The van der Waals surface area contributed by atoms with Gasteiger partial charge in [0.25, 0.3) is 0 Å². The predicted molar refractivity (Wildman–Crippen MR) is 71.0 cm³/mol. The molecular formula is C14H20N2O2. The summed E-state index contributed by atoms with van der Waals surface area (Å²) in [5, 5.41) is 12.3. The molecule has 0 radical (unpaired) electrons. The first-order valence-electron chi connectivity index (χ1n) is 6.67. The molecule has 0 aliphatic heterocycles. The monoisotopic (exact) mass is 248 g/mol. The van der Waals surface area contributed by atoms with E-state index in [0.29, 0.717) is 11.4 Å². The van der Waals surface area contributed by atoms with Crippen molar-refractivity contribution in [3.8, 4) is 0 Å². The van der Waals surface area contributed by atoms with Crippen molar-refractivity contribution in [1.29, 1.82) is 0 Å². The molecule has 2 rings (SSSR count). The summed E-state index contributed by atoms with van der Waals surface area (Å²) in [6, 6.07) is 3.28. The fraction of sp³-hybridized carbons (Fsp3) is 0.571. The molecule has 4 heteroatoms. The zero-order valence-electron chi connectivity index (χ0n) is 10.8. The van der Waals surface area contributed by atoms with Gasteiger partial charge in [0.15, 0.2) is 0 Å². The third-order valence-electron chi connectivity index (χ3n) is 3.19. The Morgan fingerprint density at radius 3 is 2.89 bits per heavy atom. The molecule has 2 N–H and O–H groups in total. The molecule has 0 amide bonds. The Morgan fingerprint density at radius 1 is 1.50 bits per heavy atom. The van der Waals surface area contributed by atoms with E-state index in [-0.39, 0.29) is 0 Å². The number of carboxylic acids is 1. The number of aryl methyl sites for hydroxylation is 1. The third-order valence-corrected chi connectivity index (χ3v) is 3.19. The number of aromatic carboxylic acids is 1. The van der Waals surface area contributed by atoms with Crippen molar-refractivity contribution in [2.45, 2.75) is 39.0 Å². The number of rotatable bonds is 7. The van der Waals surface area contributed by atoms with Gasteiger partial charge in [-0.2, -0.15) is 0 Å². The SMILES string of the molecule is CCCc1cc(C(=O)O)cc(NCCC2CC2)n1. The number of aromatic nitrogens is 1. The summed E-state index contributed by atoms with van der Waals surface area (Å²) in [4.78, 5) is 15.5. The summed E-state index contributed by atoms with van der Waals surface area (Å²) in [7, 11) is 0. The molecular weight excluding hydrogens is 228 g/mol. The van der Waals surface area contributed by atoms with Crippen LogP contribution in [0.25, 0.3) is 0 Å². The van der Waals surface area contributed by atoms with Crippen LogP contribution in [0.5, 0.6) is 0 Å². The number of hydrogen-bond donors (Lipinski definition) is 2. The molecule has 1 aliphatic rings. The van der Waals surface area contributed by atoms with Crippen molar-refractivity contribution in [3.63, 3.8) is 0 Å². The maximum Gasteiger partial charge on any atom is 0.335 e. The molecule has 18 heavy (non-hydrogen) atoms. The quantitative estimate of drug-likeness (QED) is 0.778. The number of nitrogens with one attached hydrogen (secondary N) is 1. The second-order valence-corrected chi connectivity index (χ2v) is 4.95. The number of nitrogens with zero attached hydrogens (tertiary/aromatic N) is 1. The van der Waals surface area contributed by atoms with Crippen LogP contribution in [-0.2, 0) is 6.42 Å². The number of anilines is 1. The van der Waals surface area contributed by atoms with E-state index in [2.05, 4.69) is 17.2 Å². The molecule has 0 unspecified atom stereocenters. The Balaban J connectivity index is 2.03. The molecule has 0 aromatic carbocycles. The molecule has 0 saturated heterocycles. The van der Waals surface area contributed by atoms with Crippen LogP contribution in [0.4, 0.5) is 5.82 Å². The second-order valence-electron chi connectivity index (χ2n) is 4.95. The Morgan fingerprint density at radius 2 is 2.28 bits per heavy atom. The van der Waals surface area contributed by atoms with Crippen LogP contribution in [0, 0.1) is 5.92 Å². The fourth-order valence-electron chi connectivity index (χ4n) is 2.00. The highest BCUT2D eigenvalue weighted by molar-refractivity contribution is 5.88. The highest BCUT2D eigenvalue weighted by Gasteiger charge is 2.20. The van der Waals surface area contributed by atoms with E-state index in [0.717, 1.165) is 37.4 Å². The predicted octanol–water partition coefficient (Wildman–Crippen LogP) is 2.94. The topological polar surface area (TPSA) is 62.2 Å². The molecule has 1 aliphatic carbocycles. The van der Waals surface area contributed by atoms with Crippen molar-refractivity contribution in [1.82, 2.24) is 4.98 Å².